The summed E-state index contributed by atoms with van der Waals surface area (Å²) in [5, 5.41) is 5.80. The first-order chi connectivity index (χ1) is 8.27. The van der Waals surface area contributed by atoms with Crippen LogP contribution in [0.5, 0.6) is 5.88 Å². The maximum Gasteiger partial charge on any atom is 0.238 e. The summed E-state index contributed by atoms with van der Waals surface area (Å²) in [5.74, 6) is 0.367. The number of pyridine rings is 1. The topological polar surface area (TPSA) is 63.2 Å². The number of carbonyl (C=O) groups is 1. The van der Waals surface area contributed by atoms with Gasteiger partial charge in [-0.25, -0.2) is 4.98 Å². The van der Waals surface area contributed by atoms with E-state index in [1.807, 2.05) is 6.92 Å². The highest BCUT2D eigenvalue weighted by Gasteiger charge is 2.07. The summed E-state index contributed by atoms with van der Waals surface area (Å²) in [4.78, 5) is 15.6. The average molecular weight is 237 g/mol. The van der Waals surface area contributed by atoms with Crippen LogP contribution in [0, 0.1) is 0 Å². The molecule has 0 saturated heterocycles. The number of nitrogens with zero attached hydrogens (tertiary/aromatic N) is 1. The largest absolute Gasteiger partial charge is 0.476 e. The zero-order chi connectivity index (χ0) is 12.5. The summed E-state index contributed by atoms with van der Waals surface area (Å²) in [5.41, 5.74) is 0.609. The second-order valence-corrected chi connectivity index (χ2v) is 3.51. The van der Waals surface area contributed by atoms with Crippen LogP contribution in [0.4, 0.5) is 5.69 Å². The van der Waals surface area contributed by atoms with Gasteiger partial charge in [-0.15, -0.1) is 0 Å². The Morgan fingerprint density at radius 2 is 2.29 bits per heavy atom. The van der Waals surface area contributed by atoms with Crippen molar-refractivity contribution in [1.82, 2.24) is 10.3 Å². The third-order valence-corrected chi connectivity index (χ3v) is 2.04. The molecule has 1 aromatic heterocycles. The predicted octanol–water partition coefficient (Wildman–Crippen LogP) is 1.42. The van der Waals surface area contributed by atoms with E-state index < -0.39 is 0 Å². The molecule has 1 rings (SSSR count). The van der Waals surface area contributed by atoms with Crippen LogP contribution in [-0.2, 0) is 4.79 Å². The highest BCUT2D eigenvalue weighted by Crippen LogP contribution is 2.19. The van der Waals surface area contributed by atoms with Crippen molar-refractivity contribution in [3.63, 3.8) is 0 Å². The van der Waals surface area contributed by atoms with Gasteiger partial charge in [0.25, 0.3) is 0 Å². The molecule has 0 aliphatic carbocycles. The first kappa shape index (κ1) is 13.4. The highest BCUT2D eigenvalue weighted by atomic mass is 16.5. The van der Waals surface area contributed by atoms with E-state index in [1.54, 1.807) is 18.3 Å². The predicted molar refractivity (Wildman–Crippen MR) is 67.2 cm³/mol. The molecule has 0 fully saturated rings. The highest BCUT2D eigenvalue weighted by molar-refractivity contribution is 5.93. The Bertz CT molecular complexity index is 355. The lowest BCUT2D eigenvalue weighted by Gasteiger charge is -2.10. The Labute approximate surface area is 102 Å². The van der Waals surface area contributed by atoms with Gasteiger partial charge in [-0.1, -0.05) is 6.92 Å². The molecule has 0 saturated carbocycles. The normalized spacial score (nSPS) is 10.0. The number of nitrogens with one attached hydrogen (secondary N) is 2. The lowest BCUT2D eigenvalue weighted by atomic mass is 10.4. The van der Waals surface area contributed by atoms with Crippen molar-refractivity contribution in [2.75, 3.05) is 25.0 Å². The third-order valence-electron chi connectivity index (χ3n) is 2.04. The van der Waals surface area contributed by atoms with Crippen LogP contribution in [0.2, 0.25) is 0 Å². The molecular formula is C12H19N3O2. The van der Waals surface area contributed by atoms with E-state index in [1.165, 1.54) is 0 Å². The van der Waals surface area contributed by atoms with Gasteiger partial charge in [0.05, 0.1) is 13.2 Å². The van der Waals surface area contributed by atoms with Crippen molar-refractivity contribution < 1.29 is 9.53 Å². The summed E-state index contributed by atoms with van der Waals surface area (Å²) in [6, 6.07) is 3.54. The second kappa shape index (κ2) is 7.62. The van der Waals surface area contributed by atoms with E-state index in [0.29, 0.717) is 24.7 Å². The maximum absolute atomic E-state index is 11.6. The molecule has 94 valence electrons. The van der Waals surface area contributed by atoms with E-state index in [-0.39, 0.29) is 5.91 Å². The number of hydrogen-bond acceptors (Lipinski definition) is 4. The molecular weight excluding hydrogens is 218 g/mol. The molecule has 0 unspecified atom stereocenters. The summed E-state index contributed by atoms with van der Waals surface area (Å²) < 4.78 is 5.32. The molecule has 1 amide bonds. The first-order valence-electron chi connectivity index (χ1n) is 5.86. The molecule has 0 spiro atoms. The Kier molecular flexibility index (Phi) is 6.03. The number of ether oxygens (including phenoxy) is 1. The Morgan fingerprint density at radius 1 is 1.47 bits per heavy atom. The Hall–Kier alpha value is -1.62. The lowest BCUT2D eigenvalue weighted by molar-refractivity contribution is -0.115. The molecule has 0 aliphatic heterocycles. The number of aromatic nitrogens is 1. The van der Waals surface area contributed by atoms with Crippen LogP contribution >= 0.6 is 0 Å². The Morgan fingerprint density at radius 3 is 3.00 bits per heavy atom. The van der Waals surface area contributed by atoms with Gasteiger partial charge in [0.2, 0.25) is 11.8 Å². The van der Waals surface area contributed by atoms with Crippen LogP contribution < -0.4 is 15.4 Å². The summed E-state index contributed by atoms with van der Waals surface area (Å²) in [6.07, 6.45) is 2.64. The van der Waals surface area contributed by atoms with E-state index in [0.717, 1.165) is 13.0 Å². The third kappa shape index (κ3) is 4.82. The van der Waals surface area contributed by atoms with Crippen LogP contribution in [0.15, 0.2) is 18.3 Å². The minimum atomic E-state index is -0.0904. The van der Waals surface area contributed by atoms with E-state index in [4.69, 9.17) is 4.74 Å². The van der Waals surface area contributed by atoms with E-state index >= 15 is 0 Å². The van der Waals surface area contributed by atoms with Crippen LogP contribution in [0.3, 0.4) is 0 Å². The van der Waals surface area contributed by atoms with Gasteiger partial charge < -0.3 is 15.4 Å². The minimum Gasteiger partial charge on any atom is -0.476 e. The van der Waals surface area contributed by atoms with Crippen molar-refractivity contribution in [3.05, 3.63) is 18.3 Å². The second-order valence-electron chi connectivity index (χ2n) is 3.51. The summed E-state index contributed by atoms with van der Waals surface area (Å²) in [7, 11) is 0. The average Bonchev–Trinajstić information content (AvgIpc) is 2.32. The maximum atomic E-state index is 11.6. The van der Waals surface area contributed by atoms with Gasteiger partial charge >= 0.3 is 0 Å². The summed E-state index contributed by atoms with van der Waals surface area (Å²) >= 11 is 0. The van der Waals surface area contributed by atoms with Crippen molar-refractivity contribution in [2.45, 2.75) is 20.3 Å². The molecule has 1 aromatic rings. The minimum absolute atomic E-state index is 0.0904. The van der Waals surface area contributed by atoms with Gasteiger partial charge in [-0.05, 0) is 32.0 Å². The number of amides is 1. The molecule has 0 bridgehead atoms. The number of hydrogen-bond donors (Lipinski definition) is 2. The fourth-order valence-corrected chi connectivity index (χ4v) is 1.31. The van der Waals surface area contributed by atoms with Crippen LogP contribution in [0.1, 0.15) is 20.3 Å². The SMILES string of the molecule is CCCNCC(=O)Nc1cccnc1OCC. The van der Waals surface area contributed by atoms with Crippen LogP contribution in [0.25, 0.3) is 0 Å². The molecule has 2 N–H and O–H groups in total. The zero-order valence-corrected chi connectivity index (χ0v) is 10.3. The fourth-order valence-electron chi connectivity index (χ4n) is 1.31. The fraction of sp³-hybridized carbons (Fsp3) is 0.500. The molecule has 0 atom stereocenters. The zero-order valence-electron chi connectivity index (χ0n) is 10.3. The van der Waals surface area contributed by atoms with E-state index in [9.17, 15) is 4.79 Å². The van der Waals surface area contributed by atoms with Crippen molar-refractivity contribution >= 4 is 11.6 Å². The van der Waals surface area contributed by atoms with Crippen LogP contribution in [-0.4, -0.2) is 30.6 Å². The molecule has 0 radical (unpaired) electrons. The lowest BCUT2D eigenvalue weighted by Crippen LogP contribution is -2.28. The van der Waals surface area contributed by atoms with Gasteiger partial charge in [0, 0.05) is 6.20 Å². The monoisotopic (exact) mass is 237 g/mol. The summed E-state index contributed by atoms with van der Waals surface area (Å²) in [6.45, 7) is 5.59. The number of carbonyl (C=O) groups excluding carboxylic acids is 1. The Balaban J connectivity index is 2.52. The molecule has 17 heavy (non-hydrogen) atoms. The van der Waals surface area contributed by atoms with Gasteiger partial charge in [-0.3, -0.25) is 4.79 Å². The van der Waals surface area contributed by atoms with Crippen molar-refractivity contribution in [3.8, 4) is 5.88 Å². The van der Waals surface area contributed by atoms with Gasteiger partial charge in [0.1, 0.15) is 5.69 Å². The van der Waals surface area contributed by atoms with Gasteiger partial charge in [-0.2, -0.15) is 0 Å². The smallest absolute Gasteiger partial charge is 0.238 e. The number of anilines is 1. The molecule has 0 aliphatic rings. The van der Waals surface area contributed by atoms with E-state index in [2.05, 4.69) is 22.5 Å². The molecule has 5 nitrogen and oxygen atoms in total. The molecule has 0 aromatic carbocycles. The molecule has 1 heterocycles. The van der Waals surface area contributed by atoms with Crippen molar-refractivity contribution in [1.29, 1.82) is 0 Å². The van der Waals surface area contributed by atoms with Crippen molar-refractivity contribution in [2.24, 2.45) is 0 Å². The molecule has 5 heteroatoms. The van der Waals surface area contributed by atoms with Gasteiger partial charge in [0.15, 0.2) is 0 Å². The standard InChI is InChI=1S/C12H19N3O2/c1-3-7-13-9-11(16)15-10-6-5-8-14-12(10)17-4-2/h5-6,8,13H,3-4,7,9H2,1-2H3,(H,15,16). The first-order valence-corrected chi connectivity index (χ1v) is 5.86. The quantitative estimate of drug-likeness (QED) is 0.704. The number of rotatable bonds is 7.